The highest BCUT2D eigenvalue weighted by molar-refractivity contribution is 5.85. The van der Waals surface area contributed by atoms with Crippen molar-refractivity contribution in [3.63, 3.8) is 0 Å². The molecule has 0 radical (unpaired) electrons. The minimum atomic E-state index is -1.27. The van der Waals surface area contributed by atoms with Gasteiger partial charge in [-0.2, -0.15) is 5.10 Å². The molecule has 0 saturated heterocycles. The van der Waals surface area contributed by atoms with Crippen molar-refractivity contribution in [3.8, 4) is 0 Å². The molecule has 0 aliphatic rings. The van der Waals surface area contributed by atoms with Crippen LogP contribution in [0.3, 0.4) is 0 Å². The number of aromatic nitrogens is 3. The number of carbonyl (C=O) groups excluding carboxylic acids is 1. The normalized spacial score (nSPS) is 11.0. The molecule has 0 saturated carbocycles. The third-order valence-corrected chi connectivity index (χ3v) is 2.54. The molecule has 8 heteroatoms. The molecule has 0 aliphatic heterocycles. The molecule has 0 unspecified atom stereocenters. The molecule has 1 aromatic heterocycles. The zero-order valence-corrected chi connectivity index (χ0v) is 9.89. The molecule has 0 spiro atoms. The molecule has 0 bridgehead atoms. The number of hydrogen-bond acceptors (Lipinski definition) is 4. The Kier molecular flexibility index (Phi) is 3.66. The number of urea groups is 1. The summed E-state index contributed by atoms with van der Waals surface area (Å²) >= 11 is 0. The Bertz CT molecular complexity index is 401. The van der Waals surface area contributed by atoms with E-state index < -0.39 is 17.5 Å². The van der Waals surface area contributed by atoms with Gasteiger partial charge in [0.2, 0.25) is 0 Å². The molecular weight excluding hydrogens is 226 g/mol. The lowest BCUT2D eigenvalue weighted by Gasteiger charge is -2.31. The van der Waals surface area contributed by atoms with Gasteiger partial charge >= 0.3 is 12.0 Å². The number of H-pyrrole nitrogens is 1. The Hall–Kier alpha value is -2.12. The van der Waals surface area contributed by atoms with Gasteiger partial charge in [0.15, 0.2) is 0 Å². The number of hydrogen-bond donors (Lipinski definition) is 3. The summed E-state index contributed by atoms with van der Waals surface area (Å²) in [5, 5.41) is 17.7. The molecule has 0 fully saturated rings. The predicted molar refractivity (Wildman–Crippen MR) is 58.1 cm³/mol. The largest absolute Gasteiger partial charge is 0.480 e. The third-order valence-electron chi connectivity index (χ3n) is 2.54. The summed E-state index contributed by atoms with van der Waals surface area (Å²) in [5.41, 5.74) is -1.27. The van der Waals surface area contributed by atoms with Crippen molar-refractivity contribution in [2.24, 2.45) is 0 Å². The second-order valence-corrected chi connectivity index (χ2v) is 4.01. The monoisotopic (exact) mass is 241 g/mol. The molecule has 0 aromatic carbocycles. The van der Waals surface area contributed by atoms with Gasteiger partial charge in [0.05, 0.1) is 6.54 Å². The van der Waals surface area contributed by atoms with E-state index in [-0.39, 0.29) is 6.54 Å². The van der Waals surface area contributed by atoms with Crippen molar-refractivity contribution in [1.29, 1.82) is 0 Å². The van der Waals surface area contributed by atoms with Crippen molar-refractivity contribution in [3.05, 3.63) is 12.2 Å². The number of rotatable bonds is 4. The van der Waals surface area contributed by atoms with Crippen molar-refractivity contribution in [1.82, 2.24) is 25.4 Å². The molecular formula is C9H15N5O3. The van der Waals surface area contributed by atoms with Gasteiger partial charge in [-0.3, -0.25) is 5.10 Å². The number of carboxylic acid groups (broad SMARTS) is 1. The van der Waals surface area contributed by atoms with Gasteiger partial charge in [-0.05, 0) is 13.8 Å². The van der Waals surface area contributed by atoms with Gasteiger partial charge < -0.3 is 15.3 Å². The van der Waals surface area contributed by atoms with Crippen LogP contribution in [0.15, 0.2) is 6.33 Å². The van der Waals surface area contributed by atoms with E-state index in [0.717, 1.165) is 4.90 Å². The highest BCUT2D eigenvalue weighted by Gasteiger charge is 2.35. The van der Waals surface area contributed by atoms with Gasteiger partial charge in [0.1, 0.15) is 17.7 Å². The smallest absolute Gasteiger partial charge is 0.329 e. The van der Waals surface area contributed by atoms with E-state index in [9.17, 15) is 9.59 Å². The standard InChI is InChI=1S/C9H15N5O3/c1-9(2,7(15)16)14(3)8(17)10-4-6-11-5-12-13-6/h5H,4H2,1-3H3,(H,10,17)(H,15,16)(H,11,12,13). The van der Waals surface area contributed by atoms with Gasteiger partial charge in [-0.15, -0.1) is 0 Å². The second kappa shape index (κ2) is 4.81. The lowest BCUT2D eigenvalue weighted by molar-refractivity contribution is -0.146. The topological polar surface area (TPSA) is 111 Å². The number of aliphatic carboxylic acids is 1. The van der Waals surface area contributed by atoms with Crippen LogP contribution < -0.4 is 5.32 Å². The number of carboxylic acids is 1. The first-order valence-electron chi connectivity index (χ1n) is 4.95. The molecule has 1 heterocycles. The van der Waals surface area contributed by atoms with Crippen LogP contribution in [0.25, 0.3) is 0 Å². The first kappa shape index (κ1) is 12.9. The second-order valence-electron chi connectivity index (χ2n) is 4.01. The highest BCUT2D eigenvalue weighted by atomic mass is 16.4. The van der Waals surface area contributed by atoms with Crippen LogP contribution in [0.1, 0.15) is 19.7 Å². The zero-order valence-electron chi connectivity index (χ0n) is 9.89. The maximum absolute atomic E-state index is 11.7. The lowest BCUT2D eigenvalue weighted by atomic mass is 10.1. The van der Waals surface area contributed by atoms with Crippen LogP contribution in [-0.4, -0.2) is 49.8 Å². The minimum absolute atomic E-state index is 0.166. The zero-order chi connectivity index (χ0) is 13.1. The SMILES string of the molecule is CN(C(=O)NCc1ncn[nH]1)C(C)(C)C(=O)O. The van der Waals surface area contributed by atoms with Crippen LogP contribution in [-0.2, 0) is 11.3 Å². The summed E-state index contributed by atoms with van der Waals surface area (Å²) in [6.07, 6.45) is 1.33. The predicted octanol–water partition coefficient (Wildman–Crippen LogP) is -0.191. The average Bonchev–Trinajstić information content (AvgIpc) is 2.77. The van der Waals surface area contributed by atoms with Crippen molar-refractivity contribution in [2.45, 2.75) is 25.9 Å². The first-order valence-corrected chi connectivity index (χ1v) is 4.95. The molecule has 1 rings (SSSR count). The van der Waals surface area contributed by atoms with Crippen LogP contribution >= 0.6 is 0 Å². The van der Waals surface area contributed by atoms with E-state index >= 15 is 0 Å². The number of likely N-dealkylation sites (N-methyl/N-ethyl adjacent to an activating group) is 1. The van der Waals surface area contributed by atoms with Crippen molar-refractivity contribution in [2.75, 3.05) is 7.05 Å². The summed E-state index contributed by atoms with van der Waals surface area (Å²) in [6.45, 7) is 3.06. The summed E-state index contributed by atoms with van der Waals surface area (Å²) in [5.74, 6) is -0.574. The maximum Gasteiger partial charge on any atom is 0.329 e. The van der Waals surface area contributed by atoms with Gasteiger partial charge in [0, 0.05) is 7.05 Å². The lowest BCUT2D eigenvalue weighted by Crippen LogP contribution is -2.53. The number of aromatic amines is 1. The van der Waals surface area contributed by atoms with Crippen molar-refractivity contribution < 1.29 is 14.7 Å². The van der Waals surface area contributed by atoms with Gasteiger partial charge in [-0.1, -0.05) is 0 Å². The number of nitrogens with zero attached hydrogens (tertiary/aromatic N) is 3. The van der Waals surface area contributed by atoms with Crippen LogP contribution in [0.5, 0.6) is 0 Å². The quantitative estimate of drug-likeness (QED) is 0.676. The van der Waals surface area contributed by atoms with Gasteiger partial charge in [-0.25, -0.2) is 14.6 Å². The summed E-state index contributed by atoms with van der Waals surface area (Å²) in [6, 6.07) is -0.492. The average molecular weight is 241 g/mol. The Morgan fingerprint density at radius 2 is 2.24 bits per heavy atom. The Morgan fingerprint density at radius 3 is 2.71 bits per heavy atom. The summed E-state index contributed by atoms with van der Waals surface area (Å²) in [4.78, 5) is 27.6. The minimum Gasteiger partial charge on any atom is -0.480 e. The van der Waals surface area contributed by atoms with E-state index in [0.29, 0.717) is 5.82 Å². The van der Waals surface area contributed by atoms with E-state index in [4.69, 9.17) is 5.11 Å². The summed E-state index contributed by atoms with van der Waals surface area (Å²) < 4.78 is 0. The molecule has 2 amide bonds. The molecule has 1 aromatic rings. The van der Waals surface area contributed by atoms with Crippen LogP contribution in [0, 0.1) is 0 Å². The van der Waals surface area contributed by atoms with Gasteiger partial charge in [0.25, 0.3) is 0 Å². The summed E-state index contributed by atoms with van der Waals surface area (Å²) in [7, 11) is 1.42. The van der Waals surface area contributed by atoms with E-state index in [1.165, 1.54) is 27.2 Å². The highest BCUT2D eigenvalue weighted by Crippen LogP contribution is 2.12. The van der Waals surface area contributed by atoms with E-state index in [2.05, 4.69) is 20.5 Å². The van der Waals surface area contributed by atoms with E-state index in [1.54, 1.807) is 0 Å². The Labute approximate surface area is 98.0 Å². The molecule has 94 valence electrons. The fourth-order valence-electron chi connectivity index (χ4n) is 0.991. The molecule has 8 nitrogen and oxygen atoms in total. The number of carbonyl (C=O) groups is 2. The van der Waals surface area contributed by atoms with E-state index in [1.807, 2.05) is 0 Å². The molecule has 0 aliphatic carbocycles. The fourth-order valence-corrected chi connectivity index (χ4v) is 0.991. The molecule has 3 N–H and O–H groups in total. The first-order chi connectivity index (χ1) is 7.85. The molecule has 0 atom stereocenters. The maximum atomic E-state index is 11.7. The molecule has 17 heavy (non-hydrogen) atoms. The van der Waals surface area contributed by atoms with Crippen LogP contribution in [0.2, 0.25) is 0 Å². The number of amides is 2. The third kappa shape index (κ3) is 2.92. The Morgan fingerprint density at radius 1 is 1.59 bits per heavy atom. The number of nitrogens with one attached hydrogen (secondary N) is 2. The van der Waals surface area contributed by atoms with Crippen molar-refractivity contribution >= 4 is 12.0 Å². The Balaban J connectivity index is 2.56. The fraction of sp³-hybridized carbons (Fsp3) is 0.556. The van der Waals surface area contributed by atoms with Crippen LogP contribution in [0.4, 0.5) is 4.79 Å².